The number of para-hydroxylation sites is 2. The van der Waals surface area contributed by atoms with Gasteiger partial charge in [0.15, 0.2) is 0 Å². The van der Waals surface area contributed by atoms with Crippen LogP contribution in [0.3, 0.4) is 0 Å². The zero-order valence-corrected chi connectivity index (χ0v) is 22.9. The highest BCUT2D eigenvalue weighted by Gasteiger charge is 2.53. The molecular weight excluding hydrogens is 550 g/mol. The summed E-state index contributed by atoms with van der Waals surface area (Å²) in [4.78, 5) is 47.6. The van der Waals surface area contributed by atoms with Crippen molar-refractivity contribution in [3.8, 4) is 0 Å². The van der Waals surface area contributed by atoms with Crippen molar-refractivity contribution in [1.29, 1.82) is 0 Å². The minimum Gasteiger partial charge on any atom is -0.356 e. The van der Waals surface area contributed by atoms with E-state index in [1.807, 2.05) is 24.3 Å². The number of hydrogen-bond acceptors (Lipinski definition) is 3. The first-order valence-corrected chi connectivity index (χ1v) is 14.0. The number of benzene rings is 4. The minimum absolute atomic E-state index is 0.153. The van der Waals surface area contributed by atoms with Crippen LogP contribution < -0.4 is 10.2 Å². The molecule has 4 aromatic carbocycles. The zero-order chi connectivity index (χ0) is 29.7. The van der Waals surface area contributed by atoms with E-state index >= 15 is 0 Å². The van der Waals surface area contributed by atoms with Crippen LogP contribution in [-0.4, -0.2) is 40.3 Å². The fraction of sp³-hybridized carbons (Fsp3) is 0.147. The molecule has 5 aromatic rings. The molecule has 0 saturated carbocycles. The van der Waals surface area contributed by atoms with Crippen LogP contribution in [0.15, 0.2) is 97.1 Å². The van der Waals surface area contributed by atoms with E-state index in [0.29, 0.717) is 11.1 Å². The molecule has 2 aliphatic rings. The SMILES string of the molecule is O=C(NCCc1ccccc1F)c1ccccc1N1C(=O)[C@@H]2Cc3c([nH]c4ccccc34)[C@H](c3ccc(F)cc3)N2C1=O. The number of carbonyl (C=O) groups is 3. The molecular formula is C34H26F2N4O3. The lowest BCUT2D eigenvalue weighted by molar-refractivity contribution is -0.120. The Morgan fingerprint density at radius 2 is 1.60 bits per heavy atom. The van der Waals surface area contributed by atoms with Crippen LogP contribution in [0.4, 0.5) is 19.3 Å². The molecule has 2 N–H and O–H groups in total. The number of urea groups is 1. The van der Waals surface area contributed by atoms with Gasteiger partial charge in [-0.1, -0.05) is 60.7 Å². The third-order valence-corrected chi connectivity index (χ3v) is 8.26. The summed E-state index contributed by atoms with van der Waals surface area (Å²) >= 11 is 0. The molecule has 2 aliphatic heterocycles. The first-order chi connectivity index (χ1) is 20.9. The highest BCUT2D eigenvalue weighted by molar-refractivity contribution is 6.24. The van der Waals surface area contributed by atoms with Crippen LogP contribution in [0.5, 0.6) is 0 Å². The first kappa shape index (κ1) is 26.6. The third-order valence-electron chi connectivity index (χ3n) is 8.26. The monoisotopic (exact) mass is 576 g/mol. The maximum absolute atomic E-state index is 14.2. The number of aromatic amines is 1. The van der Waals surface area contributed by atoms with Crippen LogP contribution in [0.25, 0.3) is 10.9 Å². The summed E-state index contributed by atoms with van der Waals surface area (Å²) in [6.07, 6.45) is 0.568. The van der Waals surface area contributed by atoms with Gasteiger partial charge in [0.05, 0.1) is 11.3 Å². The standard InChI is InChI=1S/C34H26F2N4O3/c35-22-15-13-21(14-16-22)31-30-25(23-8-2-5-11-27(23)38-30)19-29-33(42)40(34(43)39(29)31)28-12-6-3-9-24(28)32(41)37-18-17-20-7-1-4-10-26(20)36/h1-16,29,31,38H,17-19H2,(H,37,41)/t29-,31-/m0/s1. The van der Waals surface area contributed by atoms with Gasteiger partial charge in [0, 0.05) is 29.6 Å². The Balaban J connectivity index is 1.24. The number of nitrogens with one attached hydrogen (secondary N) is 2. The zero-order valence-electron chi connectivity index (χ0n) is 22.9. The van der Waals surface area contributed by atoms with Crippen LogP contribution >= 0.6 is 0 Å². The van der Waals surface area contributed by atoms with Crippen molar-refractivity contribution in [1.82, 2.24) is 15.2 Å². The number of hydrogen-bond donors (Lipinski definition) is 2. The van der Waals surface area contributed by atoms with Crippen LogP contribution in [0.2, 0.25) is 0 Å². The van der Waals surface area contributed by atoms with Gasteiger partial charge < -0.3 is 10.3 Å². The van der Waals surface area contributed by atoms with E-state index in [1.54, 1.807) is 54.6 Å². The molecule has 0 bridgehead atoms. The molecule has 0 spiro atoms. The summed E-state index contributed by atoms with van der Waals surface area (Å²) in [5.41, 5.74) is 4.03. The first-order valence-electron chi connectivity index (χ1n) is 14.0. The number of H-pyrrole nitrogens is 1. The largest absolute Gasteiger partial charge is 0.356 e. The number of amides is 4. The van der Waals surface area contributed by atoms with Crippen molar-refractivity contribution in [2.24, 2.45) is 0 Å². The lowest BCUT2D eigenvalue weighted by atomic mass is 9.89. The fourth-order valence-corrected chi connectivity index (χ4v) is 6.26. The molecule has 4 amide bonds. The number of nitrogens with zero attached hydrogens (tertiary/aromatic N) is 2. The predicted molar refractivity (Wildman–Crippen MR) is 158 cm³/mol. The maximum atomic E-state index is 14.2. The molecule has 7 rings (SSSR count). The van der Waals surface area contributed by atoms with Crippen molar-refractivity contribution in [3.05, 3.63) is 137 Å². The van der Waals surface area contributed by atoms with Crippen molar-refractivity contribution >= 4 is 34.4 Å². The highest BCUT2D eigenvalue weighted by atomic mass is 19.1. The Hall–Kier alpha value is -5.31. The Morgan fingerprint density at radius 3 is 2.42 bits per heavy atom. The molecule has 0 aliphatic carbocycles. The summed E-state index contributed by atoms with van der Waals surface area (Å²) in [5.74, 6) is -1.69. The van der Waals surface area contributed by atoms with E-state index in [-0.39, 0.29) is 36.5 Å². The summed E-state index contributed by atoms with van der Waals surface area (Å²) in [6.45, 7) is 0.166. The molecule has 1 aromatic heterocycles. The number of rotatable bonds is 6. The summed E-state index contributed by atoms with van der Waals surface area (Å²) < 4.78 is 28.0. The molecule has 1 saturated heterocycles. The van der Waals surface area contributed by atoms with Crippen LogP contribution in [0, 0.1) is 11.6 Å². The Labute approximate surface area is 245 Å². The second-order valence-corrected chi connectivity index (χ2v) is 10.7. The van der Waals surface area contributed by atoms with Crippen molar-refractivity contribution in [3.63, 3.8) is 0 Å². The fourth-order valence-electron chi connectivity index (χ4n) is 6.26. The minimum atomic E-state index is -0.827. The normalized spacial score (nSPS) is 17.7. The van der Waals surface area contributed by atoms with E-state index in [0.717, 1.165) is 27.1 Å². The second kappa shape index (κ2) is 10.5. The molecule has 7 nitrogen and oxygen atoms in total. The molecule has 0 unspecified atom stereocenters. The van der Waals surface area contributed by atoms with E-state index in [1.165, 1.54) is 23.1 Å². The number of carbonyl (C=O) groups excluding carboxylic acids is 3. The Kier molecular flexibility index (Phi) is 6.50. The van der Waals surface area contributed by atoms with E-state index in [9.17, 15) is 23.2 Å². The van der Waals surface area contributed by atoms with Gasteiger partial charge in [0.2, 0.25) is 0 Å². The smallest absolute Gasteiger partial charge is 0.332 e. The maximum Gasteiger partial charge on any atom is 0.332 e. The second-order valence-electron chi connectivity index (χ2n) is 10.7. The van der Waals surface area contributed by atoms with Gasteiger partial charge >= 0.3 is 6.03 Å². The quantitative estimate of drug-likeness (QED) is 0.247. The Morgan fingerprint density at radius 1 is 0.884 bits per heavy atom. The van der Waals surface area contributed by atoms with Gasteiger partial charge in [0.25, 0.3) is 11.8 Å². The van der Waals surface area contributed by atoms with Gasteiger partial charge in [-0.15, -0.1) is 0 Å². The molecule has 0 radical (unpaired) electrons. The number of halogens is 2. The topological polar surface area (TPSA) is 85.5 Å². The summed E-state index contributed by atoms with van der Waals surface area (Å²) in [7, 11) is 0. The molecule has 43 heavy (non-hydrogen) atoms. The van der Waals surface area contributed by atoms with Crippen LogP contribution in [-0.2, 0) is 17.6 Å². The van der Waals surface area contributed by atoms with Gasteiger partial charge in [-0.25, -0.2) is 18.5 Å². The van der Waals surface area contributed by atoms with Crippen molar-refractivity contribution < 1.29 is 23.2 Å². The molecule has 2 atom stereocenters. The van der Waals surface area contributed by atoms with E-state index < -0.39 is 35.7 Å². The molecule has 9 heteroatoms. The predicted octanol–water partition coefficient (Wildman–Crippen LogP) is 5.90. The lowest BCUT2D eigenvalue weighted by Gasteiger charge is -2.36. The van der Waals surface area contributed by atoms with E-state index in [4.69, 9.17) is 0 Å². The number of fused-ring (bicyclic) bond motifs is 4. The van der Waals surface area contributed by atoms with Crippen molar-refractivity contribution in [2.75, 3.05) is 11.4 Å². The third kappa shape index (κ3) is 4.44. The summed E-state index contributed by atoms with van der Waals surface area (Å²) in [6, 6.07) is 24.4. The lowest BCUT2D eigenvalue weighted by Crippen LogP contribution is -2.44. The van der Waals surface area contributed by atoms with Crippen molar-refractivity contribution in [2.45, 2.75) is 24.9 Å². The summed E-state index contributed by atoms with van der Waals surface area (Å²) in [5, 5.41) is 3.75. The van der Waals surface area contributed by atoms with Crippen LogP contribution in [0.1, 0.15) is 38.8 Å². The number of imide groups is 1. The van der Waals surface area contributed by atoms with E-state index in [2.05, 4.69) is 10.3 Å². The van der Waals surface area contributed by atoms with Gasteiger partial charge in [-0.2, -0.15) is 0 Å². The number of aromatic nitrogens is 1. The molecule has 1 fully saturated rings. The van der Waals surface area contributed by atoms with Gasteiger partial charge in [-0.05, 0) is 59.5 Å². The average molecular weight is 577 g/mol. The molecule has 214 valence electrons. The highest BCUT2D eigenvalue weighted by Crippen LogP contribution is 2.45. The number of anilines is 1. The average Bonchev–Trinajstić information content (AvgIpc) is 3.51. The van der Waals surface area contributed by atoms with Gasteiger partial charge in [0.1, 0.15) is 23.7 Å². The molecule has 3 heterocycles. The Bertz CT molecular complexity index is 1900. The van der Waals surface area contributed by atoms with Gasteiger partial charge in [-0.3, -0.25) is 14.5 Å².